The summed E-state index contributed by atoms with van der Waals surface area (Å²) in [4.78, 5) is 16.5. The number of benzene rings is 2. The zero-order valence-corrected chi connectivity index (χ0v) is 13.4. The zero-order valence-electron chi connectivity index (χ0n) is 11.9. The summed E-state index contributed by atoms with van der Waals surface area (Å²) < 4.78 is 12.9. The molecular weight excluding hydrogens is 335 g/mol. The number of alkyl halides is 1. The van der Waals surface area contributed by atoms with Gasteiger partial charge in [0.05, 0.1) is 5.69 Å². The largest absolute Gasteiger partial charge is 0.300 e. The van der Waals surface area contributed by atoms with Gasteiger partial charge in [-0.15, -0.1) is 22.9 Å². The fraction of sp³-hybridized carbons (Fsp3) is 0.0588. The summed E-state index contributed by atoms with van der Waals surface area (Å²) >= 11 is 7.47. The molecule has 0 saturated carbocycles. The molecule has 6 heteroatoms. The maximum Gasteiger partial charge on any atom is 0.248 e. The minimum absolute atomic E-state index is 0.301. The van der Waals surface area contributed by atoms with E-state index in [-0.39, 0.29) is 11.7 Å². The van der Waals surface area contributed by atoms with E-state index in [9.17, 15) is 9.18 Å². The Morgan fingerprint density at radius 1 is 1.13 bits per heavy atom. The number of nitrogens with one attached hydrogen (secondary N) is 1. The molecule has 3 aromatic rings. The SMILES string of the molecule is O=C(Nc1nc(-c2ccc(F)cc2)cs1)[C@H](Cl)c1ccccc1. The summed E-state index contributed by atoms with van der Waals surface area (Å²) in [6.07, 6.45) is 0. The van der Waals surface area contributed by atoms with Crippen LogP contribution >= 0.6 is 22.9 Å². The van der Waals surface area contributed by atoms with Crippen LogP contribution < -0.4 is 5.32 Å². The van der Waals surface area contributed by atoms with Crippen molar-refractivity contribution >= 4 is 34.0 Å². The van der Waals surface area contributed by atoms with Gasteiger partial charge in [-0.2, -0.15) is 0 Å². The van der Waals surface area contributed by atoms with E-state index in [0.717, 1.165) is 11.1 Å². The first kappa shape index (κ1) is 15.6. The highest BCUT2D eigenvalue weighted by Crippen LogP contribution is 2.27. The van der Waals surface area contributed by atoms with Gasteiger partial charge in [0, 0.05) is 10.9 Å². The van der Waals surface area contributed by atoms with Gasteiger partial charge in [-0.3, -0.25) is 4.79 Å². The predicted octanol–water partition coefficient (Wildman–Crippen LogP) is 4.87. The van der Waals surface area contributed by atoms with Crippen molar-refractivity contribution in [3.05, 3.63) is 71.4 Å². The van der Waals surface area contributed by atoms with E-state index in [1.807, 2.05) is 18.2 Å². The maximum atomic E-state index is 12.9. The Labute approximate surface area is 141 Å². The van der Waals surface area contributed by atoms with Crippen LogP contribution in [0.15, 0.2) is 60.0 Å². The van der Waals surface area contributed by atoms with Crippen LogP contribution in [0.3, 0.4) is 0 Å². The highest BCUT2D eigenvalue weighted by Gasteiger charge is 2.18. The molecule has 0 aliphatic carbocycles. The number of nitrogens with zero attached hydrogens (tertiary/aromatic N) is 1. The van der Waals surface area contributed by atoms with E-state index in [0.29, 0.717) is 10.8 Å². The lowest BCUT2D eigenvalue weighted by Crippen LogP contribution is -2.17. The molecule has 0 saturated heterocycles. The first-order valence-corrected chi connectivity index (χ1v) is 8.16. The van der Waals surface area contributed by atoms with Gasteiger partial charge in [0.2, 0.25) is 5.91 Å². The van der Waals surface area contributed by atoms with E-state index in [1.165, 1.54) is 23.5 Å². The molecule has 0 aliphatic rings. The Morgan fingerprint density at radius 2 is 1.83 bits per heavy atom. The molecule has 0 aliphatic heterocycles. The van der Waals surface area contributed by atoms with Gasteiger partial charge in [0.25, 0.3) is 0 Å². The van der Waals surface area contributed by atoms with Crippen LogP contribution in [0.4, 0.5) is 9.52 Å². The van der Waals surface area contributed by atoms with Crippen molar-refractivity contribution in [1.82, 2.24) is 4.98 Å². The van der Waals surface area contributed by atoms with E-state index in [2.05, 4.69) is 10.3 Å². The second kappa shape index (κ2) is 6.89. The van der Waals surface area contributed by atoms with Crippen molar-refractivity contribution in [2.45, 2.75) is 5.38 Å². The molecule has 23 heavy (non-hydrogen) atoms. The molecule has 0 fully saturated rings. The summed E-state index contributed by atoms with van der Waals surface area (Å²) in [6.45, 7) is 0. The predicted molar refractivity (Wildman–Crippen MR) is 91.2 cm³/mol. The molecule has 1 amide bonds. The van der Waals surface area contributed by atoms with Gasteiger partial charge in [-0.25, -0.2) is 9.37 Å². The molecule has 1 heterocycles. The van der Waals surface area contributed by atoms with Crippen molar-refractivity contribution in [3.63, 3.8) is 0 Å². The molecule has 0 unspecified atom stereocenters. The summed E-state index contributed by atoms with van der Waals surface area (Å²) in [5, 5.41) is 4.18. The lowest BCUT2D eigenvalue weighted by Gasteiger charge is -2.08. The third kappa shape index (κ3) is 3.75. The van der Waals surface area contributed by atoms with E-state index in [1.54, 1.807) is 29.6 Å². The number of aromatic nitrogens is 1. The summed E-state index contributed by atoms with van der Waals surface area (Å²) in [5.74, 6) is -0.636. The van der Waals surface area contributed by atoms with Gasteiger partial charge in [0.1, 0.15) is 11.2 Å². The molecule has 3 rings (SSSR count). The Balaban J connectivity index is 1.71. The van der Waals surface area contributed by atoms with Crippen molar-refractivity contribution < 1.29 is 9.18 Å². The van der Waals surface area contributed by atoms with Gasteiger partial charge in [0.15, 0.2) is 5.13 Å². The Bertz CT molecular complexity index is 805. The first-order valence-electron chi connectivity index (χ1n) is 6.85. The lowest BCUT2D eigenvalue weighted by molar-refractivity contribution is -0.116. The van der Waals surface area contributed by atoms with E-state index < -0.39 is 5.38 Å². The van der Waals surface area contributed by atoms with Crippen LogP contribution in [0, 0.1) is 5.82 Å². The molecule has 2 aromatic carbocycles. The molecule has 1 aromatic heterocycles. The van der Waals surface area contributed by atoms with Gasteiger partial charge >= 0.3 is 0 Å². The topological polar surface area (TPSA) is 42.0 Å². The second-order valence-corrected chi connectivity index (χ2v) is 6.10. The number of hydrogen-bond acceptors (Lipinski definition) is 3. The number of halogens is 2. The second-order valence-electron chi connectivity index (χ2n) is 4.81. The van der Waals surface area contributed by atoms with E-state index in [4.69, 9.17) is 11.6 Å². The number of carbonyl (C=O) groups excluding carboxylic acids is 1. The van der Waals surface area contributed by atoms with Crippen LogP contribution in [-0.2, 0) is 4.79 Å². The fourth-order valence-corrected chi connectivity index (χ4v) is 2.95. The van der Waals surface area contributed by atoms with Crippen molar-refractivity contribution in [1.29, 1.82) is 0 Å². The summed E-state index contributed by atoms with van der Waals surface area (Å²) in [6, 6.07) is 15.1. The monoisotopic (exact) mass is 346 g/mol. The minimum atomic E-state index is -0.783. The molecule has 0 spiro atoms. The third-order valence-electron chi connectivity index (χ3n) is 3.20. The standard InChI is InChI=1S/C17H12ClFN2OS/c18-15(12-4-2-1-3-5-12)16(22)21-17-20-14(10-23-17)11-6-8-13(19)9-7-11/h1-10,15H,(H,20,21,22)/t15-/m1/s1. The molecule has 1 N–H and O–H groups in total. The van der Waals surface area contributed by atoms with Crippen LogP contribution in [0.25, 0.3) is 11.3 Å². The third-order valence-corrected chi connectivity index (χ3v) is 4.40. The molecule has 3 nitrogen and oxygen atoms in total. The lowest BCUT2D eigenvalue weighted by atomic mass is 10.1. The minimum Gasteiger partial charge on any atom is -0.300 e. The van der Waals surface area contributed by atoms with Crippen molar-refractivity contribution in [2.24, 2.45) is 0 Å². The highest BCUT2D eigenvalue weighted by atomic mass is 35.5. The normalized spacial score (nSPS) is 11.9. The molecule has 0 bridgehead atoms. The average molecular weight is 347 g/mol. The number of carbonyl (C=O) groups is 1. The van der Waals surface area contributed by atoms with Gasteiger partial charge < -0.3 is 5.32 Å². The van der Waals surface area contributed by atoms with Gasteiger partial charge in [-0.1, -0.05) is 30.3 Å². The Hall–Kier alpha value is -2.24. The highest BCUT2D eigenvalue weighted by molar-refractivity contribution is 7.14. The Morgan fingerprint density at radius 3 is 2.52 bits per heavy atom. The smallest absolute Gasteiger partial charge is 0.248 e. The fourth-order valence-electron chi connectivity index (χ4n) is 2.03. The van der Waals surface area contributed by atoms with Crippen molar-refractivity contribution in [2.75, 3.05) is 5.32 Å². The van der Waals surface area contributed by atoms with Gasteiger partial charge in [-0.05, 0) is 29.8 Å². The first-order chi connectivity index (χ1) is 11.1. The summed E-state index contributed by atoms with van der Waals surface area (Å²) in [5.41, 5.74) is 2.19. The molecule has 0 radical (unpaired) electrons. The number of amides is 1. The molecular formula is C17H12ClFN2OS. The summed E-state index contributed by atoms with van der Waals surface area (Å²) in [7, 11) is 0. The number of thiazole rings is 1. The van der Waals surface area contributed by atoms with Crippen LogP contribution in [0.5, 0.6) is 0 Å². The molecule has 116 valence electrons. The van der Waals surface area contributed by atoms with Crippen LogP contribution in [-0.4, -0.2) is 10.9 Å². The Kier molecular flexibility index (Phi) is 4.69. The number of anilines is 1. The zero-order chi connectivity index (χ0) is 16.2. The quantitative estimate of drug-likeness (QED) is 0.685. The average Bonchev–Trinajstić information content (AvgIpc) is 3.04. The molecule has 1 atom stereocenters. The van der Waals surface area contributed by atoms with Crippen molar-refractivity contribution in [3.8, 4) is 11.3 Å². The van der Waals surface area contributed by atoms with Crippen LogP contribution in [0.2, 0.25) is 0 Å². The van der Waals surface area contributed by atoms with E-state index >= 15 is 0 Å². The maximum absolute atomic E-state index is 12.9. The van der Waals surface area contributed by atoms with Crippen LogP contribution in [0.1, 0.15) is 10.9 Å². The number of rotatable bonds is 4. The number of hydrogen-bond donors (Lipinski definition) is 1.